The molecule has 2 N–H and O–H groups in total. The molecule has 110 valence electrons. The van der Waals surface area contributed by atoms with Crippen LogP contribution in [0.4, 0.5) is 0 Å². The normalized spacial score (nSPS) is 51.5. The standard InChI is InChI=1S/C15H20O5/c1-5-8-4-9(16)6(2)10(8)14-11(13(18)12(5)17)7(3)15(19)20-14/h6-8,10-14,17-18H,1,4H2,2-3H3. The Kier molecular flexibility index (Phi) is 3.03. The lowest BCUT2D eigenvalue weighted by atomic mass is 9.77. The molecule has 8 atom stereocenters. The summed E-state index contributed by atoms with van der Waals surface area (Å²) in [7, 11) is 0. The van der Waals surface area contributed by atoms with Gasteiger partial charge in [-0.1, -0.05) is 20.4 Å². The summed E-state index contributed by atoms with van der Waals surface area (Å²) in [5, 5.41) is 20.6. The molecule has 1 aliphatic heterocycles. The first-order valence-corrected chi connectivity index (χ1v) is 7.12. The fraction of sp³-hybridized carbons (Fsp3) is 0.733. The van der Waals surface area contributed by atoms with Crippen LogP contribution < -0.4 is 0 Å². The molecule has 5 heteroatoms. The Labute approximate surface area is 117 Å². The second kappa shape index (κ2) is 4.40. The van der Waals surface area contributed by atoms with Crippen molar-refractivity contribution in [3.63, 3.8) is 0 Å². The van der Waals surface area contributed by atoms with Crippen molar-refractivity contribution in [2.45, 2.75) is 38.6 Å². The molecule has 1 heterocycles. The number of rotatable bonds is 0. The maximum atomic E-state index is 12.0. The zero-order chi connectivity index (χ0) is 14.8. The van der Waals surface area contributed by atoms with Crippen LogP contribution in [0.1, 0.15) is 20.3 Å². The number of ketones is 1. The van der Waals surface area contributed by atoms with Crippen LogP contribution >= 0.6 is 0 Å². The van der Waals surface area contributed by atoms with Crippen LogP contribution in [0.5, 0.6) is 0 Å². The second-order valence-electron chi connectivity index (χ2n) is 6.42. The zero-order valence-electron chi connectivity index (χ0n) is 11.7. The summed E-state index contributed by atoms with van der Waals surface area (Å²) in [6.07, 6.45) is -2.37. The number of aliphatic hydroxyl groups is 2. The van der Waals surface area contributed by atoms with Crippen LogP contribution in [0.25, 0.3) is 0 Å². The lowest BCUT2D eigenvalue weighted by Crippen LogP contribution is -2.41. The van der Waals surface area contributed by atoms with E-state index in [2.05, 4.69) is 6.58 Å². The number of carbonyl (C=O) groups is 2. The Hall–Kier alpha value is -1.20. The van der Waals surface area contributed by atoms with Crippen LogP contribution in [0.3, 0.4) is 0 Å². The van der Waals surface area contributed by atoms with Crippen LogP contribution in [0, 0.1) is 29.6 Å². The molecule has 0 radical (unpaired) electrons. The molecule has 1 saturated heterocycles. The molecular weight excluding hydrogens is 260 g/mol. The van der Waals surface area contributed by atoms with Crippen LogP contribution in [-0.4, -0.2) is 40.3 Å². The third-order valence-corrected chi connectivity index (χ3v) is 5.51. The molecule has 0 bridgehead atoms. The number of Topliss-reactive ketones (excluding diaryl/α,β-unsaturated/α-hetero) is 1. The highest BCUT2D eigenvalue weighted by Crippen LogP contribution is 2.51. The Morgan fingerprint density at radius 1 is 1.15 bits per heavy atom. The van der Waals surface area contributed by atoms with E-state index in [0.717, 1.165) is 0 Å². The molecule has 0 aromatic heterocycles. The molecule has 0 aromatic carbocycles. The Balaban J connectivity index is 2.07. The minimum absolute atomic E-state index is 0.110. The molecule has 0 aromatic rings. The topological polar surface area (TPSA) is 83.8 Å². The van der Waals surface area contributed by atoms with Gasteiger partial charge in [0, 0.05) is 24.2 Å². The smallest absolute Gasteiger partial charge is 0.309 e. The van der Waals surface area contributed by atoms with Gasteiger partial charge in [-0.05, 0) is 11.5 Å². The predicted octanol–water partition coefficient (Wildman–Crippen LogP) is 0.297. The molecule has 3 fully saturated rings. The van der Waals surface area contributed by atoms with Gasteiger partial charge in [-0.15, -0.1) is 0 Å². The molecule has 8 unspecified atom stereocenters. The van der Waals surface area contributed by atoms with E-state index in [9.17, 15) is 19.8 Å². The van der Waals surface area contributed by atoms with Gasteiger partial charge >= 0.3 is 5.97 Å². The summed E-state index contributed by atoms with van der Waals surface area (Å²) in [5.41, 5.74) is 0.498. The third-order valence-electron chi connectivity index (χ3n) is 5.51. The van der Waals surface area contributed by atoms with Gasteiger partial charge in [0.05, 0.1) is 12.0 Å². The zero-order valence-corrected chi connectivity index (χ0v) is 11.7. The monoisotopic (exact) mass is 280 g/mol. The average Bonchev–Trinajstić information content (AvgIpc) is 2.83. The largest absolute Gasteiger partial charge is 0.461 e. The summed E-state index contributed by atoms with van der Waals surface area (Å²) < 4.78 is 5.45. The predicted molar refractivity (Wildman–Crippen MR) is 69.5 cm³/mol. The van der Waals surface area contributed by atoms with Crippen molar-refractivity contribution in [1.82, 2.24) is 0 Å². The number of esters is 1. The van der Waals surface area contributed by atoms with Gasteiger partial charge in [0.15, 0.2) is 0 Å². The van der Waals surface area contributed by atoms with E-state index in [1.54, 1.807) is 6.92 Å². The Bertz CT molecular complexity index is 485. The number of ether oxygens (including phenoxy) is 1. The lowest BCUT2D eigenvalue weighted by molar-refractivity contribution is -0.147. The van der Waals surface area contributed by atoms with Crippen molar-refractivity contribution < 1.29 is 24.5 Å². The number of carbonyl (C=O) groups excluding carboxylic acids is 2. The third kappa shape index (κ3) is 1.63. The first-order valence-electron chi connectivity index (χ1n) is 7.12. The Morgan fingerprint density at radius 3 is 2.45 bits per heavy atom. The van der Waals surface area contributed by atoms with Gasteiger partial charge in [0.1, 0.15) is 18.0 Å². The van der Waals surface area contributed by atoms with Gasteiger partial charge in [-0.25, -0.2) is 0 Å². The van der Waals surface area contributed by atoms with Gasteiger partial charge in [0.2, 0.25) is 0 Å². The first-order chi connectivity index (χ1) is 9.34. The van der Waals surface area contributed by atoms with Gasteiger partial charge < -0.3 is 14.9 Å². The molecule has 3 rings (SSSR count). The van der Waals surface area contributed by atoms with Gasteiger partial charge in [-0.2, -0.15) is 0 Å². The SMILES string of the molecule is C=C1C(O)C(O)C2C(C)C(=O)OC2C2C(C)C(=O)CC12. The first kappa shape index (κ1) is 13.8. The van der Waals surface area contributed by atoms with Crippen molar-refractivity contribution >= 4 is 11.8 Å². The fourth-order valence-electron chi connectivity index (χ4n) is 4.23. The minimum Gasteiger partial charge on any atom is -0.461 e. The lowest BCUT2D eigenvalue weighted by Gasteiger charge is -2.28. The maximum absolute atomic E-state index is 12.0. The number of hydrogen-bond donors (Lipinski definition) is 2. The average molecular weight is 280 g/mol. The van der Waals surface area contributed by atoms with E-state index in [0.29, 0.717) is 12.0 Å². The molecule has 0 spiro atoms. The van der Waals surface area contributed by atoms with E-state index in [1.807, 2.05) is 6.92 Å². The quantitative estimate of drug-likeness (QED) is 0.492. The number of hydrogen-bond acceptors (Lipinski definition) is 5. The van der Waals surface area contributed by atoms with E-state index < -0.39 is 30.1 Å². The number of aliphatic hydroxyl groups excluding tert-OH is 2. The maximum Gasteiger partial charge on any atom is 0.309 e. The highest BCUT2D eigenvalue weighted by atomic mass is 16.6. The second-order valence-corrected chi connectivity index (χ2v) is 6.42. The molecule has 20 heavy (non-hydrogen) atoms. The molecule has 2 saturated carbocycles. The fourth-order valence-corrected chi connectivity index (χ4v) is 4.23. The molecule has 2 aliphatic carbocycles. The molecule has 0 amide bonds. The van der Waals surface area contributed by atoms with E-state index in [-0.39, 0.29) is 29.5 Å². The van der Waals surface area contributed by atoms with Crippen LogP contribution in [0.2, 0.25) is 0 Å². The van der Waals surface area contributed by atoms with Crippen LogP contribution in [0.15, 0.2) is 12.2 Å². The minimum atomic E-state index is -1.10. The molecular formula is C15H20O5. The van der Waals surface area contributed by atoms with Crippen molar-refractivity contribution in [3.05, 3.63) is 12.2 Å². The summed E-state index contributed by atoms with van der Waals surface area (Å²) >= 11 is 0. The van der Waals surface area contributed by atoms with E-state index in [1.165, 1.54) is 0 Å². The van der Waals surface area contributed by atoms with E-state index >= 15 is 0 Å². The summed E-state index contributed by atoms with van der Waals surface area (Å²) in [4.78, 5) is 23.9. The van der Waals surface area contributed by atoms with Crippen molar-refractivity contribution in [2.24, 2.45) is 29.6 Å². The summed E-state index contributed by atoms with van der Waals surface area (Å²) in [5.74, 6) is -1.82. The highest BCUT2D eigenvalue weighted by Gasteiger charge is 2.59. The highest BCUT2D eigenvalue weighted by molar-refractivity contribution is 5.85. The summed E-state index contributed by atoms with van der Waals surface area (Å²) in [6.45, 7) is 7.42. The molecule has 5 nitrogen and oxygen atoms in total. The van der Waals surface area contributed by atoms with Crippen LogP contribution in [-0.2, 0) is 14.3 Å². The van der Waals surface area contributed by atoms with Gasteiger partial charge in [-0.3, -0.25) is 9.59 Å². The Morgan fingerprint density at radius 2 is 1.80 bits per heavy atom. The van der Waals surface area contributed by atoms with Crippen molar-refractivity contribution in [2.75, 3.05) is 0 Å². The van der Waals surface area contributed by atoms with Crippen molar-refractivity contribution in [3.8, 4) is 0 Å². The van der Waals surface area contributed by atoms with E-state index in [4.69, 9.17) is 4.74 Å². The molecule has 3 aliphatic rings. The summed E-state index contributed by atoms with van der Waals surface area (Å²) in [6, 6.07) is 0. The van der Waals surface area contributed by atoms with Crippen molar-refractivity contribution in [1.29, 1.82) is 0 Å². The van der Waals surface area contributed by atoms with Gasteiger partial charge in [0.25, 0.3) is 0 Å². The number of fused-ring (bicyclic) bond motifs is 3.